The SMILES string of the molecule is COc1ccc2c(c1)c(-c1cc3c(OC)ccnc3n1S(=O)(=O)c1ccc(C)cc1)cn2C(=O)OC(C)(C)C.N. The van der Waals surface area contributed by atoms with Gasteiger partial charge in [-0.3, -0.25) is 4.57 Å². The summed E-state index contributed by atoms with van der Waals surface area (Å²) in [6, 6.07) is 15.2. The Morgan fingerprint density at radius 1 is 0.925 bits per heavy atom. The Morgan fingerprint density at radius 3 is 2.25 bits per heavy atom. The molecule has 2 aromatic carbocycles. The molecule has 3 heterocycles. The van der Waals surface area contributed by atoms with Crippen LogP contribution in [0.1, 0.15) is 26.3 Å². The van der Waals surface area contributed by atoms with Crippen LogP contribution in [0.15, 0.2) is 71.9 Å². The molecule has 210 valence electrons. The molecule has 0 unspecified atom stereocenters. The van der Waals surface area contributed by atoms with E-state index < -0.39 is 21.7 Å². The zero-order valence-corrected chi connectivity index (χ0v) is 24.1. The van der Waals surface area contributed by atoms with Gasteiger partial charge in [0.15, 0.2) is 5.65 Å². The summed E-state index contributed by atoms with van der Waals surface area (Å²) in [6.07, 6.45) is 2.49. The number of methoxy groups -OCH3 is 2. The third-order valence-corrected chi connectivity index (χ3v) is 8.00. The molecule has 0 atom stereocenters. The van der Waals surface area contributed by atoms with Crippen LogP contribution in [-0.4, -0.2) is 47.9 Å². The van der Waals surface area contributed by atoms with Crippen molar-refractivity contribution in [1.82, 2.24) is 19.7 Å². The number of hydrogen-bond donors (Lipinski definition) is 1. The number of pyridine rings is 1. The summed E-state index contributed by atoms with van der Waals surface area (Å²) in [6.45, 7) is 7.23. The van der Waals surface area contributed by atoms with E-state index in [0.29, 0.717) is 39.0 Å². The van der Waals surface area contributed by atoms with Gasteiger partial charge in [-0.2, -0.15) is 0 Å². The molecule has 3 N–H and O–H groups in total. The number of aryl methyl sites for hydroxylation is 1. The highest BCUT2D eigenvalue weighted by atomic mass is 32.2. The number of aromatic nitrogens is 3. The van der Waals surface area contributed by atoms with Crippen LogP contribution in [0.2, 0.25) is 0 Å². The van der Waals surface area contributed by atoms with Crippen LogP contribution in [0.3, 0.4) is 0 Å². The van der Waals surface area contributed by atoms with Gasteiger partial charge in [0.05, 0.1) is 35.7 Å². The topological polar surface area (TPSA) is 137 Å². The third kappa shape index (κ3) is 4.89. The first-order valence-electron chi connectivity index (χ1n) is 12.2. The minimum Gasteiger partial charge on any atom is -0.497 e. The molecule has 0 bridgehead atoms. The Hall–Kier alpha value is -4.35. The quantitative estimate of drug-likeness (QED) is 0.268. The number of carbonyl (C=O) groups is 1. The number of fused-ring (bicyclic) bond motifs is 2. The third-order valence-electron chi connectivity index (χ3n) is 6.28. The Morgan fingerprint density at radius 2 is 1.62 bits per heavy atom. The van der Waals surface area contributed by atoms with Crippen molar-refractivity contribution in [2.45, 2.75) is 38.2 Å². The van der Waals surface area contributed by atoms with Crippen LogP contribution in [0.5, 0.6) is 11.5 Å². The predicted octanol–water partition coefficient (Wildman–Crippen LogP) is 6.17. The average molecular weight is 565 g/mol. The monoisotopic (exact) mass is 564 g/mol. The number of nitrogens with zero attached hydrogens (tertiary/aromatic N) is 3. The molecule has 0 spiro atoms. The molecule has 5 aromatic rings. The van der Waals surface area contributed by atoms with Crippen molar-refractivity contribution in [1.29, 1.82) is 0 Å². The summed E-state index contributed by atoms with van der Waals surface area (Å²) < 4.78 is 47.5. The Labute approximate surface area is 232 Å². The van der Waals surface area contributed by atoms with E-state index in [0.717, 1.165) is 5.56 Å². The highest BCUT2D eigenvalue weighted by Crippen LogP contribution is 2.40. The van der Waals surface area contributed by atoms with E-state index in [-0.39, 0.29) is 16.7 Å². The van der Waals surface area contributed by atoms with Crippen LogP contribution in [0, 0.1) is 6.92 Å². The number of benzene rings is 2. The van der Waals surface area contributed by atoms with Gasteiger partial charge in [-0.15, -0.1) is 0 Å². The normalized spacial score (nSPS) is 11.8. The van der Waals surface area contributed by atoms with Crippen LogP contribution >= 0.6 is 0 Å². The zero-order chi connectivity index (χ0) is 28.1. The summed E-state index contributed by atoms with van der Waals surface area (Å²) in [4.78, 5) is 17.8. The van der Waals surface area contributed by atoms with Gasteiger partial charge in [0.25, 0.3) is 10.0 Å². The van der Waals surface area contributed by atoms with E-state index in [1.807, 2.05) is 6.92 Å². The Kier molecular flexibility index (Phi) is 7.39. The molecule has 10 nitrogen and oxygen atoms in total. The molecular weight excluding hydrogens is 532 g/mol. The Bertz CT molecular complexity index is 1830. The van der Waals surface area contributed by atoms with Gasteiger partial charge in [-0.25, -0.2) is 22.2 Å². The van der Waals surface area contributed by atoms with Crippen molar-refractivity contribution in [3.8, 4) is 22.8 Å². The lowest BCUT2D eigenvalue weighted by atomic mass is 10.1. The second-order valence-electron chi connectivity index (χ2n) is 10.1. The molecule has 0 saturated heterocycles. The summed E-state index contributed by atoms with van der Waals surface area (Å²) in [7, 11) is -1.07. The first-order valence-corrected chi connectivity index (χ1v) is 13.7. The van der Waals surface area contributed by atoms with E-state index in [9.17, 15) is 13.2 Å². The van der Waals surface area contributed by atoms with Gasteiger partial charge in [-0.1, -0.05) is 17.7 Å². The largest absolute Gasteiger partial charge is 0.497 e. The zero-order valence-electron chi connectivity index (χ0n) is 23.3. The molecule has 0 aliphatic carbocycles. The first kappa shape index (κ1) is 28.7. The molecule has 0 fully saturated rings. The van der Waals surface area contributed by atoms with Gasteiger partial charge in [0.2, 0.25) is 0 Å². The number of carbonyl (C=O) groups excluding carboxylic acids is 1. The van der Waals surface area contributed by atoms with Crippen molar-refractivity contribution >= 4 is 38.1 Å². The summed E-state index contributed by atoms with van der Waals surface area (Å²) in [5.41, 5.74) is 1.71. The second-order valence-corrected chi connectivity index (χ2v) is 11.9. The highest BCUT2D eigenvalue weighted by Gasteiger charge is 2.29. The van der Waals surface area contributed by atoms with Gasteiger partial charge < -0.3 is 20.4 Å². The molecule has 5 rings (SSSR count). The smallest absolute Gasteiger partial charge is 0.419 e. The minimum atomic E-state index is -4.12. The number of rotatable bonds is 5. The first-order chi connectivity index (χ1) is 18.4. The second kappa shape index (κ2) is 10.3. The van der Waals surface area contributed by atoms with Gasteiger partial charge in [0.1, 0.15) is 17.1 Å². The lowest BCUT2D eigenvalue weighted by molar-refractivity contribution is 0.0544. The van der Waals surface area contributed by atoms with Crippen LogP contribution < -0.4 is 15.6 Å². The van der Waals surface area contributed by atoms with Crippen molar-refractivity contribution < 1.29 is 27.4 Å². The fourth-order valence-electron chi connectivity index (χ4n) is 4.48. The molecule has 40 heavy (non-hydrogen) atoms. The molecule has 3 aromatic heterocycles. The van der Waals surface area contributed by atoms with Crippen LogP contribution in [0.4, 0.5) is 4.79 Å². The lowest BCUT2D eigenvalue weighted by Crippen LogP contribution is -2.26. The highest BCUT2D eigenvalue weighted by molar-refractivity contribution is 7.90. The fourth-order valence-corrected chi connectivity index (χ4v) is 5.95. The predicted molar refractivity (Wildman–Crippen MR) is 154 cm³/mol. The maximum Gasteiger partial charge on any atom is 0.419 e. The number of ether oxygens (including phenoxy) is 3. The van der Waals surface area contributed by atoms with Crippen LogP contribution in [-0.2, 0) is 14.8 Å². The van der Waals surface area contributed by atoms with Crippen molar-refractivity contribution in [3.63, 3.8) is 0 Å². The molecular formula is C29H32N4O6S. The van der Waals surface area contributed by atoms with Crippen molar-refractivity contribution in [2.24, 2.45) is 0 Å². The molecule has 0 radical (unpaired) electrons. The van der Waals surface area contributed by atoms with E-state index in [4.69, 9.17) is 14.2 Å². The molecule has 0 aliphatic heterocycles. The van der Waals surface area contributed by atoms with E-state index in [2.05, 4.69) is 4.98 Å². The number of hydrogen-bond acceptors (Lipinski definition) is 8. The minimum absolute atomic E-state index is 0. The molecule has 0 saturated carbocycles. The molecule has 11 heteroatoms. The standard InChI is InChI=1S/C29H29N3O6S.H3N/c1-18-7-10-20(11-8-18)39(34,35)32-25(16-22-26(37-6)13-14-30-27(22)32)23-17-31(28(33)38-29(2,3)4)24-12-9-19(36-5)15-21(23)24;/h7-17H,1-6H3;1H3. The fraction of sp³-hybridized carbons (Fsp3) is 0.241. The van der Waals surface area contributed by atoms with Crippen LogP contribution in [0.25, 0.3) is 33.2 Å². The van der Waals surface area contributed by atoms with Gasteiger partial charge in [-0.05, 0) is 70.2 Å². The summed E-state index contributed by atoms with van der Waals surface area (Å²) in [5, 5.41) is 1.11. The summed E-state index contributed by atoms with van der Waals surface area (Å²) in [5.74, 6) is 1.01. The van der Waals surface area contributed by atoms with E-state index >= 15 is 0 Å². The van der Waals surface area contributed by atoms with Crippen molar-refractivity contribution in [2.75, 3.05) is 14.2 Å². The average Bonchev–Trinajstić information content (AvgIpc) is 3.46. The van der Waals surface area contributed by atoms with Gasteiger partial charge in [0, 0.05) is 23.3 Å². The molecule has 0 amide bonds. The maximum atomic E-state index is 14.2. The van der Waals surface area contributed by atoms with E-state index in [1.54, 1.807) is 88.7 Å². The summed E-state index contributed by atoms with van der Waals surface area (Å²) >= 11 is 0. The lowest BCUT2D eigenvalue weighted by Gasteiger charge is -2.19. The van der Waals surface area contributed by atoms with Crippen molar-refractivity contribution in [3.05, 3.63) is 72.6 Å². The maximum absolute atomic E-state index is 14.2. The van der Waals surface area contributed by atoms with E-state index in [1.165, 1.54) is 21.8 Å². The Balaban J connectivity index is 0.00000370. The molecule has 0 aliphatic rings. The van der Waals surface area contributed by atoms with Gasteiger partial charge >= 0.3 is 6.09 Å².